The van der Waals surface area contributed by atoms with Crippen molar-refractivity contribution in [1.82, 2.24) is 0 Å². The van der Waals surface area contributed by atoms with Crippen LogP contribution in [0.1, 0.15) is 49.0 Å². The molecule has 2 rings (SSSR count). The molecular weight excluding hydrogens is 332 g/mol. The van der Waals surface area contributed by atoms with Gasteiger partial charge in [-0.05, 0) is 48.8 Å². The summed E-state index contributed by atoms with van der Waals surface area (Å²) in [4.78, 5) is 11.5. The molecule has 3 nitrogen and oxygen atoms in total. The van der Waals surface area contributed by atoms with Crippen molar-refractivity contribution in [2.24, 2.45) is 11.8 Å². The molecular formula is C17H23BrO3. The largest absolute Gasteiger partial charge is 0.465 e. The number of carbonyl (C=O) groups is 1. The third kappa shape index (κ3) is 4.30. The van der Waals surface area contributed by atoms with Crippen molar-refractivity contribution < 1.29 is 14.3 Å². The number of benzene rings is 1. The predicted octanol–water partition coefficient (Wildman–Crippen LogP) is 4.58. The third-order valence-corrected chi connectivity index (χ3v) is 5.24. The predicted molar refractivity (Wildman–Crippen MR) is 86.2 cm³/mol. The van der Waals surface area contributed by atoms with Gasteiger partial charge in [-0.15, -0.1) is 0 Å². The minimum atomic E-state index is -0.321. The van der Waals surface area contributed by atoms with Crippen LogP contribution in [0, 0.1) is 11.8 Å². The summed E-state index contributed by atoms with van der Waals surface area (Å²) in [6.45, 7) is 5.21. The maximum Gasteiger partial charge on any atom is 0.337 e. The standard InChI is InChI=1S/C17H23BrO3/c1-11-4-7-15(8-12(11)2)21-10-14-6-5-13(9-16(14)18)17(19)20-3/h5-6,9,11-12,15H,4,7-8,10H2,1-3H3. The number of methoxy groups -OCH3 is 1. The molecule has 1 aliphatic carbocycles. The number of carbonyl (C=O) groups excluding carboxylic acids is 1. The van der Waals surface area contributed by atoms with Crippen LogP contribution in [-0.4, -0.2) is 19.2 Å². The third-order valence-electron chi connectivity index (χ3n) is 4.50. The highest BCUT2D eigenvalue weighted by Crippen LogP contribution is 2.31. The van der Waals surface area contributed by atoms with Gasteiger partial charge in [-0.1, -0.05) is 35.8 Å². The minimum absolute atomic E-state index is 0.321. The van der Waals surface area contributed by atoms with Crippen LogP contribution < -0.4 is 0 Å². The molecule has 3 atom stereocenters. The summed E-state index contributed by atoms with van der Waals surface area (Å²) < 4.78 is 11.7. The van der Waals surface area contributed by atoms with Gasteiger partial charge in [0.15, 0.2) is 0 Å². The Morgan fingerprint density at radius 3 is 2.67 bits per heavy atom. The van der Waals surface area contributed by atoms with E-state index in [0.717, 1.165) is 34.7 Å². The fraction of sp³-hybridized carbons (Fsp3) is 0.588. The van der Waals surface area contributed by atoms with Crippen LogP contribution in [0.5, 0.6) is 0 Å². The highest BCUT2D eigenvalue weighted by molar-refractivity contribution is 9.10. The summed E-state index contributed by atoms with van der Waals surface area (Å²) in [6, 6.07) is 5.49. The second-order valence-electron chi connectivity index (χ2n) is 6.00. The molecule has 116 valence electrons. The molecule has 0 heterocycles. The Hall–Kier alpha value is -0.870. The van der Waals surface area contributed by atoms with Gasteiger partial charge >= 0.3 is 5.97 Å². The van der Waals surface area contributed by atoms with Gasteiger partial charge in [0, 0.05) is 4.47 Å². The molecule has 0 aromatic heterocycles. The summed E-state index contributed by atoms with van der Waals surface area (Å²) in [6.07, 6.45) is 3.87. The number of halogens is 1. The molecule has 1 aromatic rings. The summed E-state index contributed by atoms with van der Waals surface area (Å²) in [7, 11) is 1.39. The monoisotopic (exact) mass is 354 g/mol. The lowest BCUT2D eigenvalue weighted by Crippen LogP contribution is -2.26. The van der Waals surface area contributed by atoms with Gasteiger partial charge in [0.25, 0.3) is 0 Å². The zero-order chi connectivity index (χ0) is 15.4. The molecule has 0 bridgehead atoms. The van der Waals surface area contributed by atoms with Gasteiger partial charge in [0.2, 0.25) is 0 Å². The number of rotatable bonds is 4. The van der Waals surface area contributed by atoms with Gasteiger partial charge < -0.3 is 9.47 Å². The lowest BCUT2D eigenvalue weighted by molar-refractivity contribution is -0.00767. The first kappa shape index (κ1) is 16.5. The Labute approximate surface area is 135 Å². The van der Waals surface area contributed by atoms with E-state index in [1.807, 2.05) is 6.07 Å². The maximum absolute atomic E-state index is 11.5. The molecule has 1 aliphatic rings. The van der Waals surface area contributed by atoms with Gasteiger partial charge in [0.1, 0.15) is 0 Å². The molecule has 1 saturated carbocycles. The van der Waals surface area contributed by atoms with Crippen LogP contribution in [0.2, 0.25) is 0 Å². The lowest BCUT2D eigenvalue weighted by Gasteiger charge is -2.32. The van der Waals surface area contributed by atoms with Crippen LogP contribution in [0.4, 0.5) is 0 Å². The van der Waals surface area contributed by atoms with E-state index in [9.17, 15) is 4.79 Å². The Kier molecular flexibility index (Phi) is 5.82. The van der Waals surface area contributed by atoms with Crippen LogP contribution in [0.15, 0.2) is 22.7 Å². The average Bonchev–Trinajstić information content (AvgIpc) is 2.48. The van der Waals surface area contributed by atoms with Crippen molar-refractivity contribution in [2.75, 3.05) is 7.11 Å². The van der Waals surface area contributed by atoms with Crippen molar-refractivity contribution in [3.63, 3.8) is 0 Å². The van der Waals surface area contributed by atoms with Gasteiger partial charge in [-0.25, -0.2) is 4.79 Å². The van der Waals surface area contributed by atoms with Crippen LogP contribution >= 0.6 is 15.9 Å². The first-order valence-electron chi connectivity index (χ1n) is 7.49. The first-order valence-corrected chi connectivity index (χ1v) is 8.29. The quantitative estimate of drug-likeness (QED) is 0.742. The van der Waals surface area contributed by atoms with E-state index >= 15 is 0 Å². The highest BCUT2D eigenvalue weighted by atomic mass is 79.9. The fourth-order valence-electron chi connectivity index (χ4n) is 2.77. The fourth-order valence-corrected chi connectivity index (χ4v) is 3.26. The van der Waals surface area contributed by atoms with E-state index in [1.165, 1.54) is 13.5 Å². The molecule has 0 aliphatic heterocycles. The molecule has 1 aromatic carbocycles. The van der Waals surface area contributed by atoms with Gasteiger partial charge in [-0.2, -0.15) is 0 Å². The molecule has 4 heteroatoms. The van der Waals surface area contributed by atoms with E-state index in [4.69, 9.17) is 9.47 Å². The number of ether oxygens (including phenoxy) is 2. The van der Waals surface area contributed by atoms with Gasteiger partial charge in [-0.3, -0.25) is 0 Å². The van der Waals surface area contributed by atoms with Crippen LogP contribution in [0.25, 0.3) is 0 Å². The molecule has 0 N–H and O–H groups in total. The van der Waals surface area contributed by atoms with Crippen molar-refractivity contribution in [2.45, 2.75) is 45.8 Å². The average molecular weight is 355 g/mol. The van der Waals surface area contributed by atoms with E-state index in [-0.39, 0.29) is 5.97 Å². The van der Waals surface area contributed by atoms with E-state index < -0.39 is 0 Å². The summed E-state index contributed by atoms with van der Waals surface area (Å²) in [5, 5.41) is 0. The zero-order valence-corrected chi connectivity index (χ0v) is 14.5. The van der Waals surface area contributed by atoms with Crippen LogP contribution in [0.3, 0.4) is 0 Å². The molecule has 0 saturated heterocycles. The summed E-state index contributed by atoms with van der Waals surface area (Å²) >= 11 is 3.50. The Morgan fingerprint density at radius 1 is 1.29 bits per heavy atom. The molecule has 0 spiro atoms. The number of esters is 1. The Bertz CT molecular complexity index is 501. The zero-order valence-electron chi connectivity index (χ0n) is 12.9. The number of hydrogen-bond acceptors (Lipinski definition) is 3. The SMILES string of the molecule is COC(=O)c1ccc(COC2CCC(C)C(C)C2)c(Br)c1. The molecule has 1 fully saturated rings. The van der Waals surface area contributed by atoms with Crippen LogP contribution in [-0.2, 0) is 16.1 Å². The van der Waals surface area contributed by atoms with E-state index in [0.29, 0.717) is 18.3 Å². The van der Waals surface area contributed by atoms with Crippen molar-refractivity contribution >= 4 is 21.9 Å². The summed E-state index contributed by atoms with van der Waals surface area (Å²) in [5.74, 6) is 1.21. The molecule has 3 unspecified atom stereocenters. The van der Waals surface area contributed by atoms with Gasteiger partial charge in [0.05, 0.1) is 25.4 Å². The van der Waals surface area contributed by atoms with Crippen molar-refractivity contribution in [1.29, 1.82) is 0 Å². The summed E-state index contributed by atoms with van der Waals surface area (Å²) in [5.41, 5.74) is 1.61. The number of hydrogen-bond donors (Lipinski definition) is 0. The first-order chi connectivity index (χ1) is 10.0. The molecule has 0 amide bonds. The van der Waals surface area contributed by atoms with Crippen molar-refractivity contribution in [3.8, 4) is 0 Å². The van der Waals surface area contributed by atoms with E-state index in [2.05, 4.69) is 29.8 Å². The minimum Gasteiger partial charge on any atom is -0.465 e. The normalized spacial score (nSPS) is 25.6. The Morgan fingerprint density at radius 2 is 2.05 bits per heavy atom. The van der Waals surface area contributed by atoms with Crippen molar-refractivity contribution in [3.05, 3.63) is 33.8 Å². The second kappa shape index (κ2) is 7.41. The van der Waals surface area contributed by atoms with E-state index in [1.54, 1.807) is 12.1 Å². The molecule has 0 radical (unpaired) electrons. The second-order valence-corrected chi connectivity index (χ2v) is 6.85. The maximum atomic E-state index is 11.5. The molecule has 21 heavy (non-hydrogen) atoms. The lowest BCUT2D eigenvalue weighted by atomic mass is 9.80. The highest BCUT2D eigenvalue weighted by Gasteiger charge is 2.25. The Balaban J connectivity index is 1.93. The topological polar surface area (TPSA) is 35.5 Å². The smallest absolute Gasteiger partial charge is 0.337 e.